The molecule has 0 fully saturated rings. The van der Waals surface area contributed by atoms with Gasteiger partial charge in [-0.25, -0.2) is 0 Å². The van der Waals surface area contributed by atoms with Gasteiger partial charge in [0.15, 0.2) is 11.4 Å². The molecule has 118 valence electrons. The molecule has 1 atom stereocenters. The molecule has 0 aromatic carbocycles. The fourth-order valence-corrected chi connectivity index (χ4v) is 3.12. The lowest BCUT2D eigenvalue weighted by Crippen LogP contribution is -2.51. The molecule has 0 radical (unpaired) electrons. The minimum atomic E-state index is -0.936. The van der Waals surface area contributed by atoms with Crippen LogP contribution in [0, 0.1) is 0 Å². The van der Waals surface area contributed by atoms with Gasteiger partial charge in [0.2, 0.25) is 5.43 Å². The summed E-state index contributed by atoms with van der Waals surface area (Å²) in [7, 11) is 0. The number of primary amides is 1. The smallest absolute Gasteiger partial charge is 0.274 e. The number of amides is 2. The molecule has 0 saturated heterocycles. The van der Waals surface area contributed by atoms with Crippen LogP contribution in [0.15, 0.2) is 4.79 Å². The zero-order chi connectivity index (χ0) is 16.2. The van der Waals surface area contributed by atoms with Gasteiger partial charge in [-0.2, -0.15) is 0 Å². The summed E-state index contributed by atoms with van der Waals surface area (Å²) in [6.07, 6.45) is 0. The second kappa shape index (κ2) is 4.84. The van der Waals surface area contributed by atoms with Crippen LogP contribution in [0.2, 0.25) is 0 Å². The van der Waals surface area contributed by atoms with Crippen LogP contribution in [0.5, 0.6) is 5.75 Å². The Morgan fingerprint density at radius 2 is 2.09 bits per heavy atom. The van der Waals surface area contributed by atoms with Crippen LogP contribution in [0.25, 0.3) is 0 Å². The van der Waals surface area contributed by atoms with Crippen molar-refractivity contribution in [3.05, 3.63) is 27.2 Å². The maximum atomic E-state index is 12.6. The molecule has 0 spiro atoms. The lowest BCUT2D eigenvalue weighted by Gasteiger charge is -2.41. The predicted molar refractivity (Wildman–Crippen MR) is 75.8 cm³/mol. The maximum Gasteiger partial charge on any atom is 0.274 e. The molecular formula is C14H17N3O5. The van der Waals surface area contributed by atoms with Gasteiger partial charge in [-0.15, -0.1) is 0 Å². The van der Waals surface area contributed by atoms with Gasteiger partial charge in [0.1, 0.15) is 5.56 Å². The van der Waals surface area contributed by atoms with Gasteiger partial charge in [0, 0.05) is 12.6 Å². The highest BCUT2D eigenvalue weighted by molar-refractivity contribution is 5.99. The summed E-state index contributed by atoms with van der Waals surface area (Å²) in [6.45, 7) is 4.43. The van der Waals surface area contributed by atoms with Crippen molar-refractivity contribution in [1.29, 1.82) is 0 Å². The van der Waals surface area contributed by atoms with Crippen molar-refractivity contribution in [2.45, 2.75) is 32.5 Å². The summed E-state index contributed by atoms with van der Waals surface area (Å²) < 4.78 is 6.99. The molecule has 3 N–H and O–H groups in total. The quantitative estimate of drug-likeness (QED) is 0.770. The van der Waals surface area contributed by atoms with Crippen molar-refractivity contribution in [3.63, 3.8) is 0 Å². The SMILES string of the molecule is CC(C)N1C[C@@H]2COCc3c(C(N)=O)c(=O)c(O)c(n32)C1=O. The van der Waals surface area contributed by atoms with Crippen LogP contribution >= 0.6 is 0 Å². The first-order valence-corrected chi connectivity index (χ1v) is 7.03. The molecule has 22 heavy (non-hydrogen) atoms. The Morgan fingerprint density at radius 3 is 2.68 bits per heavy atom. The van der Waals surface area contributed by atoms with Crippen LogP contribution in [0.1, 0.15) is 46.4 Å². The first kappa shape index (κ1) is 14.6. The topological polar surface area (TPSA) is 115 Å². The highest BCUT2D eigenvalue weighted by atomic mass is 16.5. The van der Waals surface area contributed by atoms with E-state index >= 15 is 0 Å². The Kier molecular flexibility index (Phi) is 3.21. The first-order chi connectivity index (χ1) is 10.3. The lowest BCUT2D eigenvalue weighted by molar-refractivity contribution is 0.0193. The third kappa shape index (κ3) is 1.83. The number of nitrogens with two attached hydrogens (primary N) is 1. The van der Waals surface area contributed by atoms with Crippen LogP contribution in [0.4, 0.5) is 0 Å². The Hall–Kier alpha value is -2.35. The molecule has 0 unspecified atom stereocenters. The zero-order valence-electron chi connectivity index (χ0n) is 12.3. The third-order valence-corrected chi connectivity index (χ3v) is 4.14. The van der Waals surface area contributed by atoms with Gasteiger partial charge in [0.25, 0.3) is 11.8 Å². The van der Waals surface area contributed by atoms with Gasteiger partial charge in [-0.1, -0.05) is 0 Å². The summed E-state index contributed by atoms with van der Waals surface area (Å²) in [4.78, 5) is 38.0. The van der Waals surface area contributed by atoms with Crippen LogP contribution in [0.3, 0.4) is 0 Å². The van der Waals surface area contributed by atoms with E-state index in [1.54, 1.807) is 9.47 Å². The number of carbonyl (C=O) groups excluding carboxylic acids is 2. The fourth-order valence-electron chi connectivity index (χ4n) is 3.12. The zero-order valence-corrected chi connectivity index (χ0v) is 12.3. The van der Waals surface area contributed by atoms with Crippen LogP contribution in [-0.4, -0.2) is 45.6 Å². The second-order valence-electron chi connectivity index (χ2n) is 5.80. The largest absolute Gasteiger partial charge is 0.503 e. The summed E-state index contributed by atoms with van der Waals surface area (Å²) >= 11 is 0. The molecule has 1 aromatic heterocycles. The van der Waals surface area contributed by atoms with E-state index in [2.05, 4.69) is 0 Å². The highest BCUT2D eigenvalue weighted by Gasteiger charge is 2.40. The molecule has 0 aliphatic carbocycles. The molecule has 2 aliphatic heterocycles. The Labute approximate surface area is 126 Å². The van der Waals surface area contributed by atoms with E-state index in [0.717, 1.165) is 0 Å². The van der Waals surface area contributed by atoms with E-state index in [-0.39, 0.29) is 35.6 Å². The predicted octanol–water partition coefficient (Wildman–Crippen LogP) is -0.412. The number of nitrogens with zero attached hydrogens (tertiary/aromatic N) is 2. The van der Waals surface area contributed by atoms with Crippen molar-refractivity contribution in [2.75, 3.05) is 13.2 Å². The molecule has 1 aromatic rings. The molecular weight excluding hydrogens is 290 g/mol. The second-order valence-corrected chi connectivity index (χ2v) is 5.80. The fraction of sp³-hybridized carbons (Fsp3) is 0.500. The number of hydrogen-bond acceptors (Lipinski definition) is 5. The third-order valence-electron chi connectivity index (χ3n) is 4.14. The average Bonchev–Trinajstić information content (AvgIpc) is 2.45. The van der Waals surface area contributed by atoms with Crippen molar-refractivity contribution >= 4 is 11.8 Å². The van der Waals surface area contributed by atoms with Crippen LogP contribution < -0.4 is 11.2 Å². The average molecular weight is 307 g/mol. The molecule has 3 heterocycles. The monoisotopic (exact) mass is 307 g/mol. The minimum absolute atomic E-state index is 0.00620. The van der Waals surface area contributed by atoms with E-state index in [4.69, 9.17) is 10.5 Å². The standard InChI is InChI=1S/C14H17N3O5/c1-6(2)16-3-7-4-22-5-8-9(13(15)20)11(18)12(19)10(14(16)21)17(7)8/h6-7,19H,3-5H2,1-2H3,(H2,15,20)/t7-/m1/s1. The van der Waals surface area contributed by atoms with Crippen molar-refractivity contribution < 1.29 is 19.4 Å². The molecule has 8 heteroatoms. The molecule has 2 aliphatic rings. The molecule has 0 saturated carbocycles. The lowest BCUT2D eigenvalue weighted by atomic mass is 10.0. The van der Waals surface area contributed by atoms with Crippen molar-refractivity contribution in [2.24, 2.45) is 5.73 Å². The number of aromatic hydroxyl groups is 1. The van der Waals surface area contributed by atoms with Gasteiger partial charge in [-0.3, -0.25) is 14.4 Å². The van der Waals surface area contributed by atoms with E-state index < -0.39 is 23.0 Å². The van der Waals surface area contributed by atoms with E-state index in [1.165, 1.54) is 0 Å². The summed E-state index contributed by atoms with van der Waals surface area (Å²) in [5.74, 6) is -2.09. The molecule has 8 nitrogen and oxygen atoms in total. The van der Waals surface area contributed by atoms with Gasteiger partial charge < -0.3 is 25.0 Å². The number of carbonyl (C=O) groups is 2. The number of hydrogen-bond donors (Lipinski definition) is 2. The highest BCUT2D eigenvalue weighted by Crippen LogP contribution is 2.33. The molecule has 2 amide bonds. The van der Waals surface area contributed by atoms with Crippen LogP contribution in [-0.2, 0) is 11.3 Å². The number of ether oxygens (including phenoxy) is 1. The Bertz CT molecular complexity index is 737. The summed E-state index contributed by atoms with van der Waals surface area (Å²) in [5.41, 5.74) is 4.21. The van der Waals surface area contributed by atoms with Crippen molar-refractivity contribution in [3.8, 4) is 5.75 Å². The Morgan fingerprint density at radius 1 is 1.41 bits per heavy atom. The van der Waals surface area contributed by atoms with E-state index in [0.29, 0.717) is 13.2 Å². The first-order valence-electron chi connectivity index (χ1n) is 7.03. The molecule has 0 bridgehead atoms. The number of aromatic nitrogens is 1. The van der Waals surface area contributed by atoms with Gasteiger partial charge >= 0.3 is 0 Å². The summed E-state index contributed by atoms with van der Waals surface area (Å²) in [5, 5.41) is 10.2. The van der Waals surface area contributed by atoms with Gasteiger partial charge in [0.05, 0.1) is 24.9 Å². The van der Waals surface area contributed by atoms with Crippen molar-refractivity contribution in [1.82, 2.24) is 9.47 Å². The normalized spacial score (nSPS) is 20.2. The summed E-state index contributed by atoms with van der Waals surface area (Å²) in [6, 6.07) is -0.347. The van der Waals surface area contributed by atoms with E-state index in [1.807, 2.05) is 13.8 Å². The number of rotatable bonds is 2. The minimum Gasteiger partial charge on any atom is -0.503 e. The van der Waals surface area contributed by atoms with Gasteiger partial charge in [-0.05, 0) is 13.8 Å². The Balaban J connectivity index is 2.35. The van der Waals surface area contributed by atoms with E-state index in [9.17, 15) is 19.5 Å². The number of pyridine rings is 1. The molecule has 3 rings (SSSR count). The maximum absolute atomic E-state index is 12.6.